The summed E-state index contributed by atoms with van der Waals surface area (Å²) in [5.41, 5.74) is 1.59. The van der Waals surface area contributed by atoms with Gasteiger partial charge in [-0.2, -0.15) is 5.10 Å². The summed E-state index contributed by atoms with van der Waals surface area (Å²) in [7, 11) is 0. The van der Waals surface area contributed by atoms with Gasteiger partial charge in [0.1, 0.15) is 34.5 Å². The second-order valence-corrected chi connectivity index (χ2v) is 22.4. The van der Waals surface area contributed by atoms with Gasteiger partial charge in [-0.15, -0.1) is 0 Å². The van der Waals surface area contributed by atoms with Crippen LogP contribution in [0.5, 0.6) is 34.5 Å². The fourth-order valence-corrected chi connectivity index (χ4v) is 11.1. The highest BCUT2D eigenvalue weighted by Gasteiger charge is 2.31. The Morgan fingerprint density at radius 1 is 0.553 bits per heavy atom. The highest BCUT2D eigenvalue weighted by atomic mass is 32.2. The van der Waals surface area contributed by atoms with Crippen molar-refractivity contribution in [2.45, 2.75) is 113 Å². The number of carbonyl (C=O) groups is 4. The first kappa shape index (κ1) is 65.5. The summed E-state index contributed by atoms with van der Waals surface area (Å²) in [4.78, 5) is 50.1. The van der Waals surface area contributed by atoms with Crippen LogP contribution < -0.4 is 33.7 Å². The molecule has 0 spiro atoms. The van der Waals surface area contributed by atoms with E-state index in [9.17, 15) is 19.2 Å². The molecule has 460 valence electrons. The number of esters is 4. The first-order valence-corrected chi connectivity index (χ1v) is 31.0. The molecule has 1 atom stereocenters. The Bertz CT molecular complexity index is 2670. The minimum absolute atomic E-state index is 0.0412. The van der Waals surface area contributed by atoms with E-state index in [1.54, 1.807) is 36.0 Å². The van der Waals surface area contributed by atoms with E-state index in [1.165, 1.54) is 12.2 Å². The lowest BCUT2D eigenvalue weighted by Gasteiger charge is -2.28. The number of carbonyl (C=O) groups excluding carboxylic acids is 4. The minimum atomic E-state index is -0.400. The van der Waals surface area contributed by atoms with E-state index in [0.29, 0.717) is 126 Å². The molecule has 1 unspecified atom stereocenters. The number of hydrazone groups is 1. The number of thioether (sulfide) groups is 1. The molecule has 1 aliphatic heterocycles. The first-order chi connectivity index (χ1) is 41.7. The van der Waals surface area contributed by atoms with E-state index in [1.807, 2.05) is 65.8 Å². The molecule has 2 N–H and O–H groups in total. The summed E-state index contributed by atoms with van der Waals surface area (Å²) in [6.45, 7) is 11.5. The van der Waals surface area contributed by atoms with Gasteiger partial charge in [0.25, 0.3) is 0 Å². The number of aliphatic hydroxyl groups is 1. The van der Waals surface area contributed by atoms with Gasteiger partial charge in [-0.25, -0.2) is 9.59 Å². The second-order valence-electron chi connectivity index (χ2n) is 21.3. The number of hydrogen-bond acceptors (Lipinski definition) is 19. The van der Waals surface area contributed by atoms with Crippen LogP contribution in [0.2, 0.25) is 0 Å². The number of para-hydroxylation sites is 1. The number of unbranched alkanes of at least 4 members (excludes halogenated alkanes) is 6. The normalized spacial score (nSPS) is 18.1. The van der Waals surface area contributed by atoms with Gasteiger partial charge in [-0.3, -0.25) is 14.6 Å². The van der Waals surface area contributed by atoms with Gasteiger partial charge in [-0.05, 0) is 193 Å². The maximum atomic E-state index is 13.3. The van der Waals surface area contributed by atoms with Gasteiger partial charge in [0.15, 0.2) is 5.50 Å². The molecule has 2 saturated carbocycles. The topological polar surface area (TPSA) is 208 Å². The van der Waals surface area contributed by atoms with Gasteiger partial charge < -0.3 is 57.8 Å². The summed E-state index contributed by atoms with van der Waals surface area (Å²) < 4.78 is 57.8. The fraction of sp³-hybridized carbons (Fsp3) is 0.500. The third-order valence-corrected chi connectivity index (χ3v) is 16.1. The molecule has 0 saturated heterocycles. The van der Waals surface area contributed by atoms with Gasteiger partial charge in [-0.1, -0.05) is 37.1 Å². The number of hydrogen-bond donors (Lipinski definition) is 2. The molecular formula is C66H85N3O15S. The lowest BCUT2D eigenvalue weighted by atomic mass is 9.82. The fourth-order valence-electron chi connectivity index (χ4n) is 9.99. The predicted octanol–water partition coefficient (Wildman–Crippen LogP) is 11.8. The van der Waals surface area contributed by atoms with Crippen LogP contribution in [0.1, 0.15) is 108 Å². The maximum Gasteiger partial charge on any atom is 0.330 e. The van der Waals surface area contributed by atoms with E-state index in [-0.39, 0.29) is 54.3 Å². The lowest BCUT2D eigenvalue weighted by molar-refractivity contribution is -0.141. The van der Waals surface area contributed by atoms with Crippen LogP contribution in [0.15, 0.2) is 126 Å². The van der Waals surface area contributed by atoms with E-state index >= 15 is 0 Å². The molecule has 85 heavy (non-hydrogen) atoms. The minimum Gasteiger partial charge on any atom is -0.494 e. The molecule has 0 aromatic heterocycles. The molecule has 0 amide bonds. The Hall–Kier alpha value is -7.06. The zero-order chi connectivity index (χ0) is 59.7. The van der Waals surface area contributed by atoms with E-state index < -0.39 is 11.9 Å². The van der Waals surface area contributed by atoms with Gasteiger partial charge in [0.05, 0.1) is 103 Å². The summed E-state index contributed by atoms with van der Waals surface area (Å²) in [5.74, 6) is 2.57. The average molecular weight is 1190 g/mol. The molecular weight excluding hydrogens is 1110 g/mol. The summed E-state index contributed by atoms with van der Waals surface area (Å²) in [5, 5.41) is 19.7. The Kier molecular flexibility index (Phi) is 28.8. The van der Waals surface area contributed by atoms with Crippen molar-refractivity contribution in [1.82, 2.24) is 5.01 Å². The lowest BCUT2D eigenvalue weighted by Crippen LogP contribution is -2.35. The standard InChI is InChI=1S/C66H85N3O15S/c1-3-62(71)79-39-13-7-5-11-37-77-54-25-29-56(30-26-54)83-64(73)51-21-17-49(18-22-51)47-81-58-33-34-60(53(45-58)46-67-69(35-41-75-43-44-76-42-36-70)66-68-59-15-9-10-16-61(59)85-66)82-48-50-19-23-52(24-20-50)65(74)84-57-31-27-55(28-32-57)78-38-12-6-8-14-40-80-63(72)4-2/h3-4,9-10,15-16,25-34,45-46,49-52,66,68,70H,1-2,5-8,11-14,17-24,35-44,47-48H2/b67-46+. The van der Waals surface area contributed by atoms with Crippen molar-refractivity contribution in [3.8, 4) is 34.5 Å². The number of benzene rings is 4. The monoisotopic (exact) mass is 1190 g/mol. The quantitative estimate of drug-likeness (QED) is 0.0106. The number of ether oxygens (including phenoxy) is 10. The van der Waals surface area contributed by atoms with Crippen molar-refractivity contribution >= 4 is 47.5 Å². The number of fused-ring (bicyclic) bond motifs is 1. The molecule has 2 fully saturated rings. The molecule has 3 aliphatic rings. The van der Waals surface area contributed by atoms with Crippen molar-refractivity contribution in [2.24, 2.45) is 28.8 Å². The molecule has 0 bridgehead atoms. The van der Waals surface area contributed by atoms with Crippen molar-refractivity contribution in [3.63, 3.8) is 0 Å². The van der Waals surface area contributed by atoms with Gasteiger partial charge in [0, 0.05) is 22.6 Å². The molecule has 1 heterocycles. The van der Waals surface area contributed by atoms with Crippen LogP contribution in [-0.4, -0.2) is 125 Å². The zero-order valence-electron chi connectivity index (χ0n) is 49.0. The molecule has 7 rings (SSSR count). The maximum absolute atomic E-state index is 13.3. The Labute approximate surface area is 504 Å². The highest BCUT2D eigenvalue weighted by molar-refractivity contribution is 8.00. The number of aliphatic hydroxyl groups excluding tert-OH is 1. The van der Waals surface area contributed by atoms with E-state index in [0.717, 1.165) is 93.2 Å². The van der Waals surface area contributed by atoms with Crippen molar-refractivity contribution < 1.29 is 71.7 Å². The smallest absolute Gasteiger partial charge is 0.330 e. The van der Waals surface area contributed by atoms with Crippen LogP contribution in [-0.2, 0) is 38.1 Å². The number of nitrogens with zero attached hydrogens (tertiary/aromatic N) is 2. The molecule has 18 nitrogen and oxygen atoms in total. The van der Waals surface area contributed by atoms with Crippen molar-refractivity contribution in [3.05, 3.63) is 122 Å². The van der Waals surface area contributed by atoms with Crippen LogP contribution >= 0.6 is 11.8 Å². The van der Waals surface area contributed by atoms with E-state index in [4.69, 9.17) is 57.6 Å². The van der Waals surface area contributed by atoms with Crippen LogP contribution in [0.25, 0.3) is 0 Å². The first-order valence-electron chi connectivity index (χ1n) is 30.1. The van der Waals surface area contributed by atoms with Crippen molar-refractivity contribution in [1.29, 1.82) is 0 Å². The van der Waals surface area contributed by atoms with Crippen LogP contribution in [0.4, 0.5) is 5.69 Å². The van der Waals surface area contributed by atoms with E-state index in [2.05, 4.69) is 30.6 Å². The highest BCUT2D eigenvalue weighted by Crippen LogP contribution is 2.40. The van der Waals surface area contributed by atoms with Gasteiger partial charge in [0.2, 0.25) is 0 Å². The predicted molar refractivity (Wildman–Crippen MR) is 325 cm³/mol. The molecule has 2 aliphatic carbocycles. The molecule has 19 heteroatoms. The SMILES string of the molecule is C=CC(=O)OCCCCCCOc1ccc(OC(=O)C2CCC(COc3ccc(OCC4CCC(C(=O)Oc5ccc(OCCCCCCOC(=O)C=C)cc5)CC4)c(/C=N/N(CCOCCOCCO)C4Nc5ccccc5S4)c3)CC2)cc1. The molecule has 0 radical (unpaired) electrons. The molecule has 4 aromatic rings. The van der Waals surface area contributed by atoms with Crippen LogP contribution in [0.3, 0.4) is 0 Å². The Balaban J connectivity index is 0.886. The average Bonchev–Trinajstić information content (AvgIpc) is 4.23. The molecule has 4 aromatic carbocycles. The largest absolute Gasteiger partial charge is 0.494 e. The Morgan fingerprint density at radius 3 is 1.58 bits per heavy atom. The zero-order valence-corrected chi connectivity index (χ0v) is 49.8. The second kappa shape index (κ2) is 37.4. The van der Waals surface area contributed by atoms with Crippen LogP contribution in [0, 0.1) is 23.7 Å². The summed E-state index contributed by atoms with van der Waals surface area (Å²) in [6.07, 6.45) is 17.4. The number of rotatable bonds is 39. The van der Waals surface area contributed by atoms with Crippen molar-refractivity contribution in [2.75, 3.05) is 84.5 Å². The third kappa shape index (κ3) is 23.7. The number of anilines is 1. The Morgan fingerprint density at radius 2 is 1.05 bits per heavy atom. The summed E-state index contributed by atoms with van der Waals surface area (Å²) in [6, 6.07) is 28.3. The summed E-state index contributed by atoms with van der Waals surface area (Å²) >= 11 is 1.68. The number of nitrogens with one attached hydrogen (secondary N) is 1. The van der Waals surface area contributed by atoms with Gasteiger partial charge >= 0.3 is 23.9 Å². The third-order valence-electron chi connectivity index (χ3n) is 14.9.